The summed E-state index contributed by atoms with van der Waals surface area (Å²) in [6, 6.07) is 0. The predicted molar refractivity (Wildman–Crippen MR) is 93.7 cm³/mol. The van der Waals surface area contributed by atoms with Crippen LogP contribution in [0.1, 0.15) is 66.2 Å². The summed E-state index contributed by atoms with van der Waals surface area (Å²) in [5.41, 5.74) is -5.37. The Bertz CT molecular complexity index is 586. The predicted octanol–water partition coefficient (Wildman–Crippen LogP) is 5.65. The molecule has 0 saturated heterocycles. The minimum atomic E-state index is -5.79. The van der Waals surface area contributed by atoms with Crippen LogP contribution in [-0.4, -0.2) is 35.1 Å². The molecule has 170 valence electrons. The van der Waals surface area contributed by atoms with Gasteiger partial charge in [0.25, 0.3) is 5.60 Å². The Labute approximate surface area is 167 Å². The SMILES string of the molecule is CCC(C)(CC(C)C)C(=O)OC1CC2CC1CC2CC(O)(C(F)(F)F)C(F)(F)F. The fourth-order valence-electron chi connectivity index (χ4n) is 5.06. The molecule has 0 radical (unpaired) electrons. The Morgan fingerprint density at radius 2 is 1.59 bits per heavy atom. The van der Waals surface area contributed by atoms with Gasteiger partial charge in [-0.25, -0.2) is 0 Å². The zero-order chi connectivity index (χ0) is 22.4. The van der Waals surface area contributed by atoms with E-state index in [1.807, 2.05) is 27.7 Å². The summed E-state index contributed by atoms with van der Waals surface area (Å²) >= 11 is 0. The number of fused-ring (bicyclic) bond motifs is 2. The normalized spacial score (nSPS) is 29.9. The van der Waals surface area contributed by atoms with E-state index in [9.17, 15) is 36.2 Å². The third-order valence-electron chi connectivity index (χ3n) is 6.82. The zero-order valence-electron chi connectivity index (χ0n) is 17.2. The van der Waals surface area contributed by atoms with E-state index in [1.54, 1.807) is 0 Å². The van der Waals surface area contributed by atoms with Crippen molar-refractivity contribution in [1.82, 2.24) is 0 Å². The Balaban J connectivity index is 2.03. The summed E-state index contributed by atoms with van der Waals surface area (Å²) in [4.78, 5) is 12.7. The van der Waals surface area contributed by atoms with Gasteiger partial charge in [0.1, 0.15) is 6.10 Å². The lowest BCUT2D eigenvalue weighted by atomic mass is 9.78. The minimum absolute atomic E-state index is 0.0874. The number of hydrogen-bond acceptors (Lipinski definition) is 3. The third-order valence-corrected chi connectivity index (χ3v) is 6.82. The van der Waals surface area contributed by atoms with Crippen molar-refractivity contribution in [3.63, 3.8) is 0 Å². The van der Waals surface area contributed by atoms with E-state index in [1.165, 1.54) is 0 Å². The fourth-order valence-corrected chi connectivity index (χ4v) is 5.06. The second-order valence-electron chi connectivity index (χ2n) is 9.50. The lowest BCUT2D eigenvalue weighted by Gasteiger charge is -2.38. The van der Waals surface area contributed by atoms with Crippen molar-refractivity contribution in [2.75, 3.05) is 0 Å². The van der Waals surface area contributed by atoms with Gasteiger partial charge in [0.05, 0.1) is 5.41 Å². The molecule has 0 aliphatic heterocycles. The number of carbonyl (C=O) groups excluding carboxylic acids is 1. The molecule has 3 nitrogen and oxygen atoms in total. The second kappa shape index (κ2) is 7.93. The van der Waals surface area contributed by atoms with Gasteiger partial charge < -0.3 is 9.84 Å². The van der Waals surface area contributed by atoms with Crippen molar-refractivity contribution in [2.24, 2.45) is 29.1 Å². The zero-order valence-corrected chi connectivity index (χ0v) is 17.2. The molecule has 0 amide bonds. The number of hydrogen-bond donors (Lipinski definition) is 1. The number of halogens is 6. The van der Waals surface area contributed by atoms with E-state index in [4.69, 9.17) is 4.74 Å². The van der Waals surface area contributed by atoms with Crippen LogP contribution in [0.2, 0.25) is 0 Å². The molecule has 2 rings (SSSR count). The molecular weight excluding hydrogens is 402 g/mol. The second-order valence-corrected chi connectivity index (χ2v) is 9.50. The van der Waals surface area contributed by atoms with E-state index < -0.39 is 47.7 Å². The Morgan fingerprint density at radius 1 is 1.03 bits per heavy atom. The lowest BCUT2D eigenvalue weighted by molar-refractivity contribution is -0.373. The molecule has 9 heteroatoms. The van der Waals surface area contributed by atoms with Gasteiger partial charge in [-0.15, -0.1) is 0 Å². The Morgan fingerprint density at radius 3 is 1.97 bits per heavy atom. The van der Waals surface area contributed by atoms with Gasteiger partial charge >= 0.3 is 18.3 Å². The Hall–Kier alpha value is -0.990. The summed E-state index contributed by atoms with van der Waals surface area (Å²) < 4.78 is 83.5. The van der Waals surface area contributed by atoms with E-state index in [0.717, 1.165) is 0 Å². The van der Waals surface area contributed by atoms with Gasteiger partial charge in [0.2, 0.25) is 0 Å². The number of rotatable bonds is 7. The van der Waals surface area contributed by atoms with Crippen LogP contribution < -0.4 is 0 Å². The summed E-state index contributed by atoms with van der Waals surface area (Å²) in [5, 5.41) is 9.47. The quantitative estimate of drug-likeness (QED) is 0.418. The molecule has 0 spiro atoms. The van der Waals surface area contributed by atoms with Crippen molar-refractivity contribution < 1.29 is 41.0 Å². The van der Waals surface area contributed by atoms with Gasteiger partial charge in [-0.1, -0.05) is 20.8 Å². The summed E-state index contributed by atoms with van der Waals surface area (Å²) in [6.45, 7) is 7.69. The first-order valence-electron chi connectivity index (χ1n) is 10.1. The van der Waals surface area contributed by atoms with Crippen LogP contribution in [0.3, 0.4) is 0 Å². The average molecular weight is 432 g/mol. The van der Waals surface area contributed by atoms with Crippen molar-refractivity contribution in [3.05, 3.63) is 0 Å². The molecule has 2 bridgehead atoms. The fraction of sp³-hybridized carbons (Fsp3) is 0.950. The molecule has 0 aromatic rings. The monoisotopic (exact) mass is 432 g/mol. The van der Waals surface area contributed by atoms with Gasteiger partial charge in [-0.05, 0) is 69.1 Å². The van der Waals surface area contributed by atoms with Gasteiger partial charge in [-0.2, -0.15) is 26.3 Å². The highest BCUT2D eigenvalue weighted by Gasteiger charge is 2.71. The molecule has 29 heavy (non-hydrogen) atoms. The average Bonchev–Trinajstić information content (AvgIpc) is 3.11. The number of aliphatic hydroxyl groups is 1. The molecule has 0 aromatic heterocycles. The Kier molecular flexibility index (Phi) is 6.64. The summed E-state index contributed by atoms with van der Waals surface area (Å²) in [6.07, 6.45) is -11.5. The highest BCUT2D eigenvalue weighted by Crippen LogP contribution is 2.56. The van der Waals surface area contributed by atoms with Crippen molar-refractivity contribution in [2.45, 2.75) is 90.3 Å². The van der Waals surface area contributed by atoms with Gasteiger partial charge in [0.15, 0.2) is 0 Å². The summed E-state index contributed by atoms with van der Waals surface area (Å²) in [7, 11) is 0. The smallest absolute Gasteiger partial charge is 0.426 e. The minimum Gasteiger partial charge on any atom is -0.462 e. The molecule has 5 atom stereocenters. The molecule has 2 saturated carbocycles. The van der Waals surface area contributed by atoms with Crippen LogP contribution >= 0.6 is 0 Å². The van der Waals surface area contributed by atoms with Crippen LogP contribution in [0.5, 0.6) is 0 Å². The summed E-state index contributed by atoms with van der Waals surface area (Å²) in [5.74, 6) is -1.67. The molecule has 0 heterocycles. The molecule has 2 aliphatic rings. The molecule has 2 fully saturated rings. The standard InChI is InChI=1S/C20H30F6O3/c1-5-17(4,9-11(2)3)16(27)29-15-8-12-6-13(15)7-14(12)10-18(28,19(21,22)23)20(24,25)26/h11-15,28H,5-10H2,1-4H3. The highest BCUT2D eigenvalue weighted by molar-refractivity contribution is 5.76. The maximum absolute atomic E-state index is 13.0. The van der Waals surface area contributed by atoms with Gasteiger partial charge in [-0.3, -0.25) is 4.79 Å². The van der Waals surface area contributed by atoms with Crippen molar-refractivity contribution in [3.8, 4) is 0 Å². The number of alkyl halides is 6. The first-order chi connectivity index (χ1) is 13.0. The number of esters is 1. The van der Waals surface area contributed by atoms with Crippen LogP contribution in [0, 0.1) is 29.1 Å². The first kappa shape index (κ1) is 24.3. The van der Waals surface area contributed by atoms with Crippen LogP contribution in [-0.2, 0) is 9.53 Å². The maximum atomic E-state index is 13.0. The van der Waals surface area contributed by atoms with Crippen LogP contribution in [0.4, 0.5) is 26.3 Å². The van der Waals surface area contributed by atoms with Crippen molar-refractivity contribution >= 4 is 5.97 Å². The van der Waals surface area contributed by atoms with Gasteiger partial charge in [0, 0.05) is 0 Å². The first-order valence-corrected chi connectivity index (χ1v) is 10.1. The molecule has 2 aliphatic carbocycles. The number of carbonyl (C=O) groups is 1. The van der Waals surface area contributed by atoms with E-state index >= 15 is 0 Å². The van der Waals surface area contributed by atoms with E-state index in [2.05, 4.69) is 0 Å². The largest absolute Gasteiger partial charge is 0.462 e. The molecule has 1 N–H and O–H groups in total. The lowest BCUT2D eigenvalue weighted by Crippen LogP contribution is -2.58. The van der Waals surface area contributed by atoms with Crippen LogP contribution in [0.25, 0.3) is 0 Å². The third kappa shape index (κ3) is 4.69. The highest BCUT2D eigenvalue weighted by atomic mass is 19.4. The molecular formula is C20H30F6O3. The molecule has 5 unspecified atom stereocenters. The van der Waals surface area contributed by atoms with Crippen molar-refractivity contribution in [1.29, 1.82) is 0 Å². The van der Waals surface area contributed by atoms with E-state index in [-0.39, 0.29) is 30.6 Å². The maximum Gasteiger partial charge on any atom is 0.426 e. The van der Waals surface area contributed by atoms with Crippen LogP contribution in [0.15, 0.2) is 0 Å². The van der Waals surface area contributed by atoms with E-state index in [0.29, 0.717) is 19.3 Å². The topological polar surface area (TPSA) is 46.5 Å². The number of ether oxygens (including phenoxy) is 1. The molecule has 0 aromatic carbocycles.